The molecule has 3 aliphatic rings. The summed E-state index contributed by atoms with van der Waals surface area (Å²) >= 11 is 0. The highest BCUT2D eigenvalue weighted by molar-refractivity contribution is 5.86. The van der Waals surface area contributed by atoms with Crippen molar-refractivity contribution in [3.05, 3.63) is 0 Å². The highest BCUT2D eigenvalue weighted by atomic mass is 16.1. The van der Waals surface area contributed by atoms with Gasteiger partial charge >= 0.3 is 0 Å². The van der Waals surface area contributed by atoms with Crippen molar-refractivity contribution in [1.82, 2.24) is 0 Å². The maximum atomic E-state index is 11.8. The van der Waals surface area contributed by atoms with Crippen LogP contribution in [-0.4, -0.2) is 5.78 Å². The molecule has 0 spiro atoms. The molecule has 0 heterocycles. The topological polar surface area (TPSA) is 17.1 Å². The van der Waals surface area contributed by atoms with Crippen molar-refractivity contribution in [1.29, 1.82) is 0 Å². The Morgan fingerprint density at radius 2 is 2.00 bits per heavy atom. The first-order valence-electron chi connectivity index (χ1n) is 5.22. The summed E-state index contributed by atoms with van der Waals surface area (Å²) in [6.45, 7) is 2.22. The Morgan fingerprint density at radius 3 is 2.83 bits per heavy atom. The van der Waals surface area contributed by atoms with Gasteiger partial charge in [-0.3, -0.25) is 4.79 Å². The summed E-state index contributed by atoms with van der Waals surface area (Å²) in [7, 11) is 0. The lowest BCUT2D eigenvalue weighted by atomic mass is 9.65. The van der Waals surface area contributed by atoms with Gasteiger partial charge in [0.1, 0.15) is 5.78 Å². The summed E-state index contributed by atoms with van der Waals surface area (Å²) in [5.74, 6) is 3.04. The van der Waals surface area contributed by atoms with Gasteiger partial charge in [0, 0.05) is 11.8 Å². The largest absolute Gasteiger partial charge is 0.299 e. The fourth-order valence-electron chi connectivity index (χ4n) is 4.02. The van der Waals surface area contributed by atoms with Gasteiger partial charge in [-0.1, -0.05) is 6.92 Å². The highest BCUT2D eigenvalue weighted by Gasteiger charge is 2.55. The minimum atomic E-state index is 0.123. The summed E-state index contributed by atoms with van der Waals surface area (Å²) in [5.41, 5.74) is 0.123. The zero-order chi connectivity index (χ0) is 8.34. The molecule has 0 amide bonds. The van der Waals surface area contributed by atoms with Crippen LogP contribution in [0.5, 0.6) is 0 Å². The lowest BCUT2D eigenvalue weighted by Gasteiger charge is -2.38. The van der Waals surface area contributed by atoms with Gasteiger partial charge in [0.2, 0.25) is 0 Å². The number of Topliss-reactive ketones (excluding diaryl/α,β-unsaturated/α-hetero) is 1. The third-order valence-electron chi connectivity index (χ3n) is 4.63. The quantitative estimate of drug-likeness (QED) is 0.537. The molecular formula is C11H16O. The second kappa shape index (κ2) is 1.94. The average Bonchev–Trinajstić information content (AvgIpc) is 2.18. The van der Waals surface area contributed by atoms with Gasteiger partial charge in [0.05, 0.1) is 0 Å². The van der Waals surface area contributed by atoms with E-state index in [9.17, 15) is 4.79 Å². The predicted octanol–water partition coefficient (Wildman–Crippen LogP) is 2.40. The SMILES string of the molecule is CC12C[C@H]3C[C@@H](CC1=O)C[C@@H]2C3. The Balaban J connectivity index is 2.07. The molecule has 0 aromatic heterocycles. The summed E-state index contributed by atoms with van der Waals surface area (Å²) < 4.78 is 0. The summed E-state index contributed by atoms with van der Waals surface area (Å²) in [6, 6.07) is 0. The molecule has 1 heteroatoms. The van der Waals surface area contributed by atoms with E-state index in [4.69, 9.17) is 0 Å². The van der Waals surface area contributed by atoms with Crippen LogP contribution >= 0.6 is 0 Å². The van der Waals surface area contributed by atoms with Gasteiger partial charge in [-0.25, -0.2) is 0 Å². The van der Waals surface area contributed by atoms with Crippen LogP contribution in [0.1, 0.15) is 39.0 Å². The summed E-state index contributed by atoms with van der Waals surface area (Å²) in [4.78, 5) is 11.8. The summed E-state index contributed by atoms with van der Waals surface area (Å²) in [6.07, 6.45) is 6.20. The van der Waals surface area contributed by atoms with Gasteiger partial charge in [-0.2, -0.15) is 0 Å². The van der Waals surface area contributed by atoms with Crippen LogP contribution in [0.25, 0.3) is 0 Å². The third kappa shape index (κ3) is 0.681. The fraction of sp³-hybridized carbons (Fsp3) is 0.909. The molecule has 0 radical (unpaired) electrons. The van der Waals surface area contributed by atoms with Gasteiger partial charge in [-0.05, 0) is 43.4 Å². The molecule has 1 unspecified atom stereocenters. The van der Waals surface area contributed by atoms with E-state index >= 15 is 0 Å². The molecule has 0 aliphatic heterocycles. The molecule has 3 bridgehead atoms. The molecular weight excluding hydrogens is 148 g/mol. The van der Waals surface area contributed by atoms with Gasteiger partial charge in [-0.15, -0.1) is 0 Å². The minimum absolute atomic E-state index is 0.123. The van der Waals surface area contributed by atoms with Crippen molar-refractivity contribution in [2.45, 2.75) is 39.0 Å². The first kappa shape index (κ1) is 7.11. The molecule has 3 fully saturated rings. The monoisotopic (exact) mass is 164 g/mol. The Labute approximate surface area is 73.5 Å². The molecule has 12 heavy (non-hydrogen) atoms. The van der Waals surface area contributed by atoms with Crippen molar-refractivity contribution in [3.63, 3.8) is 0 Å². The first-order chi connectivity index (χ1) is 5.68. The number of ketones is 1. The van der Waals surface area contributed by atoms with Crippen molar-refractivity contribution in [3.8, 4) is 0 Å². The normalized spacial score (nSPS) is 56.4. The number of hydrogen-bond donors (Lipinski definition) is 0. The number of fused-ring (bicyclic) bond motifs is 2. The molecule has 66 valence electrons. The zero-order valence-electron chi connectivity index (χ0n) is 7.68. The van der Waals surface area contributed by atoms with E-state index in [1.165, 1.54) is 25.7 Å². The maximum Gasteiger partial charge on any atom is 0.139 e. The number of rotatable bonds is 0. The smallest absolute Gasteiger partial charge is 0.139 e. The van der Waals surface area contributed by atoms with Gasteiger partial charge < -0.3 is 0 Å². The lowest BCUT2D eigenvalue weighted by molar-refractivity contribution is -0.134. The molecule has 3 aliphatic carbocycles. The number of carbonyl (C=O) groups is 1. The Kier molecular flexibility index (Phi) is 1.15. The van der Waals surface area contributed by atoms with Gasteiger partial charge in [0.15, 0.2) is 0 Å². The zero-order valence-corrected chi connectivity index (χ0v) is 7.68. The standard InChI is InChI=1S/C11H16O/c1-11-6-8-2-7(5-10(11)12)3-9(11)4-8/h7-9H,2-6H2,1H3/t7-,8+,9-,11?/m1/s1. The average molecular weight is 164 g/mol. The molecule has 4 atom stereocenters. The second-order valence-electron chi connectivity index (χ2n) is 5.38. The predicted molar refractivity (Wildman–Crippen MR) is 46.7 cm³/mol. The van der Waals surface area contributed by atoms with Crippen LogP contribution in [0.2, 0.25) is 0 Å². The van der Waals surface area contributed by atoms with E-state index < -0.39 is 0 Å². The van der Waals surface area contributed by atoms with E-state index in [1.807, 2.05) is 0 Å². The van der Waals surface area contributed by atoms with Crippen LogP contribution in [0.4, 0.5) is 0 Å². The van der Waals surface area contributed by atoms with Gasteiger partial charge in [0.25, 0.3) is 0 Å². The molecule has 0 aromatic rings. The van der Waals surface area contributed by atoms with Crippen molar-refractivity contribution in [2.75, 3.05) is 0 Å². The Morgan fingerprint density at radius 1 is 1.25 bits per heavy atom. The molecule has 0 aromatic carbocycles. The first-order valence-corrected chi connectivity index (χ1v) is 5.22. The lowest BCUT2D eigenvalue weighted by Crippen LogP contribution is -2.38. The third-order valence-corrected chi connectivity index (χ3v) is 4.63. The summed E-state index contributed by atoms with van der Waals surface area (Å²) in [5, 5.41) is 0. The van der Waals surface area contributed by atoms with Crippen molar-refractivity contribution in [2.24, 2.45) is 23.2 Å². The highest BCUT2D eigenvalue weighted by Crippen LogP contribution is 2.60. The second-order valence-corrected chi connectivity index (χ2v) is 5.38. The Hall–Kier alpha value is -0.330. The van der Waals surface area contributed by atoms with Crippen LogP contribution in [-0.2, 0) is 4.79 Å². The Bertz CT molecular complexity index is 243. The van der Waals surface area contributed by atoms with Crippen LogP contribution in [0.3, 0.4) is 0 Å². The molecule has 3 rings (SSSR count). The molecule has 0 saturated heterocycles. The van der Waals surface area contributed by atoms with Crippen LogP contribution in [0, 0.1) is 23.2 Å². The van der Waals surface area contributed by atoms with Crippen molar-refractivity contribution >= 4 is 5.78 Å². The molecule has 1 nitrogen and oxygen atoms in total. The molecule has 0 N–H and O–H groups in total. The number of carbonyl (C=O) groups excluding carboxylic acids is 1. The minimum Gasteiger partial charge on any atom is -0.299 e. The van der Waals surface area contributed by atoms with E-state index in [0.717, 1.165) is 24.2 Å². The van der Waals surface area contributed by atoms with E-state index in [2.05, 4.69) is 6.92 Å². The van der Waals surface area contributed by atoms with Crippen LogP contribution in [0.15, 0.2) is 0 Å². The fourth-order valence-corrected chi connectivity index (χ4v) is 4.02. The van der Waals surface area contributed by atoms with Crippen LogP contribution < -0.4 is 0 Å². The maximum absolute atomic E-state index is 11.8. The van der Waals surface area contributed by atoms with Crippen molar-refractivity contribution < 1.29 is 4.79 Å². The van der Waals surface area contributed by atoms with E-state index in [-0.39, 0.29) is 5.41 Å². The van der Waals surface area contributed by atoms with E-state index in [0.29, 0.717) is 5.78 Å². The molecule has 3 saturated carbocycles. The number of hydrogen-bond acceptors (Lipinski definition) is 1. The van der Waals surface area contributed by atoms with E-state index in [1.54, 1.807) is 0 Å².